The van der Waals surface area contributed by atoms with Gasteiger partial charge < -0.3 is 15.0 Å². The predicted octanol–water partition coefficient (Wildman–Crippen LogP) is 3.15. The van der Waals surface area contributed by atoms with Crippen LogP contribution in [0.25, 0.3) is 22.8 Å². The van der Waals surface area contributed by atoms with E-state index in [1.807, 2.05) is 6.07 Å². The van der Waals surface area contributed by atoms with Crippen LogP contribution in [0.4, 0.5) is 5.69 Å². The molecule has 0 amide bonds. The molecule has 3 aromatic rings. The molecule has 2 heterocycles. The van der Waals surface area contributed by atoms with Gasteiger partial charge in [-0.05, 0) is 34.1 Å². The van der Waals surface area contributed by atoms with Gasteiger partial charge in [0.2, 0.25) is 5.82 Å². The molecule has 0 spiro atoms. The number of hydrogen-bond donors (Lipinski definition) is 1. The van der Waals surface area contributed by atoms with Crippen molar-refractivity contribution < 1.29 is 9.26 Å². The summed E-state index contributed by atoms with van der Waals surface area (Å²) in [6.07, 6.45) is 3.35. The van der Waals surface area contributed by atoms with Crippen LogP contribution in [0.1, 0.15) is 0 Å². The Hall–Kier alpha value is -2.41. The quantitative estimate of drug-likeness (QED) is 0.733. The second-order valence-electron chi connectivity index (χ2n) is 4.27. The molecule has 2 N–H and O–H groups in total. The lowest BCUT2D eigenvalue weighted by atomic mass is 10.2. The number of rotatable bonds is 3. The summed E-state index contributed by atoms with van der Waals surface area (Å²) in [5, 5.41) is 3.97. The van der Waals surface area contributed by atoms with E-state index in [9.17, 15) is 0 Å². The topological polar surface area (TPSA) is 87.1 Å². The Kier molecular flexibility index (Phi) is 3.57. The number of ether oxygens (including phenoxy) is 1. The smallest absolute Gasteiger partial charge is 0.262 e. The number of nitrogens with two attached hydrogens (primary N) is 1. The van der Waals surface area contributed by atoms with E-state index < -0.39 is 0 Å². The molecular weight excluding hydrogens is 336 g/mol. The van der Waals surface area contributed by atoms with Crippen LogP contribution < -0.4 is 10.5 Å². The summed E-state index contributed by atoms with van der Waals surface area (Å²) < 4.78 is 11.4. The molecule has 0 aliphatic heterocycles. The molecule has 0 atom stereocenters. The first-order chi connectivity index (χ1) is 10.2. The highest BCUT2D eigenvalue weighted by Gasteiger charge is 2.15. The van der Waals surface area contributed by atoms with E-state index in [0.717, 1.165) is 10.0 Å². The minimum absolute atomic E-state index is 0.363. The van der Waals surface area contributed by atoms with Gasteiger partial charge in [-0.3, -0.25) is 4.98 Å². The molecule has 0 unspecified atom stereocenters. The Bertz CT molecular complexity index is 788. The van der Waals surface area contributed by atoms with Crippen molar-refractivity contribution in [2.24, 2.45) is 0 Å². The van der Waals surface area contributed by atoms with Gasteiger partial charge in [0.05, 0.1) is 12.7 Å². The monoisotopic (exact) mass is 346 g/mol. The van der Waals surface area contributed by atoms with Gasteiger partial charge in [-0.2, -0.15) is 4.98 Å². The molecular formula is C14H11BrN4O2. The van der Waals surface area contributed by atoms with Crippen LogP contribution in [-0.4, -0.2) is 22.2 Å². The highest BCUT2D eigenvalue weighted by Crippen LogP contribution is 2.31. The van der Waals surface area contributed by atoms with E-state index in [0.29, 0.717) is 28.7 Å². The fraction of sp³-hybridized carbons (Fsp3) is 0.0714. The van der Waals surface area contributed by atoms with Gasteiger partial charge >= 0.3 is 0 Å². The van der Waals surface area contributed by atoms with Crippen molar-refractivity contribution in [3.05, 3.63) is 41.1 Å². The third-order valence-electron chi connectivity index (χ3n) is 2.85. The first-order valence-corrected chi connectivity index (χ1v) is 6.85. The molecule has 0 saturated carbocycles. The highest BCUT2D eigenvalue weighted by atomic mass is 79.9. The average Bonchev–Trinajstić information content (AvgIpc) is 2.96. The molecule has 0 radical (unpaired) electrons. The highest BCUT2D eigenvalue weighted by molar-refractivity contribution is 9.10. The van der Waals surface area contributed by atoms with Gasteiger partial charge in [-0.15, -0.1) is 0 Å². The Morgan fingerprint density at radius 1 is 1.24 bits per heavy atom. The molecule has 0 aliphatic rings. The Labute approximate surface area is 129 Å². The molecule has 0 bridgehead atoms. The third-order valence-corrected chi connectivity index (χ3v) is 3.28. The fourth-order valence-corrected chi connectivity index (χ4v) is 2.23. The van der Waals surface area contributed by atoms with E-state index in [1.165, 1.54) is 0 Å². The van der Waals surface area contributed by atoms with Gasteiger partial charge in [0, 0.05) is 34.2 Å². The maximum atomic E-state index is 5.73. The molecule has 106 valence electrons. The normalized spacial score (nSPS) is 10.6. The molecule has 3 rings (SSSR count). The Balaban J connectivity index is 2.02. The number of anilines is 1. The van der Waals surface area contributed by atoms with E-state index >= 15 is 0 Å². The Morgan fingerprint density at radius 3 is 2.86 bits per heavy atom. The van der Waals surface area contributed by atoms with Crippen molar-refractivity contribution in [3.8, 4) is 28.6 Å². The fourth-order valence-electron chi connectivity index (χ4n) is 1.87. The summed E-state index contributed by atoms with van der Waals surface area (Å²) in [6, 6.07) is 7.11. The Morgan fingerprint density at radius 2 is 2.10 bits per heavy atom. The van der Waals surface area contributed by atoms with Crippen LogP contribution in [0.3, 0.4) is 0 Å². The maximum absolute atomic E-state index is 5.73. The lowest BCUT2D eigenvalue weighted by Crippen LogP contribution is -1.91. The molecule has 0 saturated heterocycles. The number of halogens is 1. The average molecular weight is 347 g/mol. The summed E-state index contributed by atoms with van der Waals surface area (Å²) >= 11 is 3.36. The molecule has 1 aromatic carbocycles. The van der Waals surface area contributed by atoms with Crippen molar-refractivity contribution in [1.82, 2.24) is 15.1 Å². The first kappa shape index (κ1) is 13.6. The number of pyridine rings is 1. The molecule has 7 heteroatoms. The molecule has 2 aromatic heterocycles. The summed E-state index contributed by atoms with van der Waals surface area (Å²) in [6.45, 7) is 0. The SMILES string of the molecule is COc1cc(N)ccc1-c1nc(-c2cncc(Br)c2)no1. The molecule has 0 fully saturated rings. The summed E-state index contributed by atoms with van der Waals surface area (Å²) in [5.74, 6) is 1.40. The maximum Gasteiger partial charge on any atom is 0.262 e. The molecule has 6 nitrogen and oxygen atoms in total. The standard InChI is InChI=1S/C14H11BrN4O2/c1-20-12-5-10(16)2-3-11(12)14-18-13(19-21-14)8-4-9(15)7-17-6-8/h2-7H,16H2,1H3. The summed E-state index contributed by atoms with van der Waals surface area (Å²) in [7, 11) is 1.56. The third kappa shape index (κ3) is 2.73. The zero-order valence-electron chi connectivity index (χ0n) is 11.1. The van der Waals surface area contributed by atoms with Crippen LogP contribution in [0, 0.1) is 0 Å². The van der Waals surface area contributed by atoms with Gasteiger partial charge in [-0.1, -0.05) is 5.16 Å². The van der Waals surface area contributed by atoms with Crippen molar-refractivity contribution in [2.75, 3.05) is 12.8 Å². The predicted molar refractivity (Wildman–Crippen MR) is 81.6 cm³/mol. The van der Waals surface area contributed by atoms with Gasteiger partial charge in [-0.25, -0.2) is 0 Å². The first-order valence-electron chi connectivity index (χ1n) is 6.06. The minimum atomic E-state index is 0.363. The summed E-state index contributed by atoms with van der Waals surface area (Å²) in [5.41, 5.74) is 7.78. The lowest BCUT2D eigenvalue weighted by Gasteiger charge is -2.05. The minimum Gasteiger partial charge on any atom is -0.496 e. The van der Waals surface area contributed by atoms with Crippen molar-refractivity contribution in [1.29, 1.82) is 0 Å². The largest absolute Gasteiger partial charge is 0.496 e. The molecule has 21 heavy (non-hydrogen) atoms. The van der Waals surface area contributed by atoms with Crippen LogP contribution in [0.2, 0.25) is 0 Å². The number of aromatic nitrogens is 3. The second kappa shape index (κ2) is 5.53. The number of methoxy groups -OCH3 is 1. The van der Waals surface area contributed by atoms with E-state index in [1.54, 1.807) is 37.7 Å². The van der Waals surface area contributed by atoms with Crippen LogP contribution in [0.15, 0.2) is 45.7 Å². The van der Waals surface area contributed by atoms with E-state index in [4.69, 9.17) is 15.0 Å². The zero-order valence-corrected chi connectivity index (χ0v) is 12.7. The number of nitrogen functional groups attached to an aromatic ring is 1. The van der Waals surface area contributed by atoms with Crippen molar-refractivity contribution in [3.63, 3.8) is 0 Å². The second-order valence-corrected chi connectivity index (χ2v) is 5.19. The number of benzene rings is 1. The van der Waals surface area contributed by atoms with Crippen LogP contribution >= 0.6 is 15.9 Å². The summed E-state index contributed by atoms with van der Waals surface area (Å²) in [4.78, 5) is 8.45. The van der Waals surface area contributed by atoms with Gasteiger partial charge in [0.1, 0.15) is 5.75 Å². The zero-order chi connectivity index (χ0) is 14.8. The van der Waals surface area contributed by atoms with Gasteiger partial charge in [0.15, 0.2) is 0 Å². The van der Waals surface area contributed by atoms with Gasteiger partial charge in [0.25, 0.3) is 5.89 Å². The van der Waals surface area contributed by atoms with E-state index in [-0.39, 0.29) is 0 Å². The van der Waals surface area contributed by atoms with E-state index in [2.05, 4.69) is 31.1 Å². The number of hydrogen-bond acceptors (Lipinski definition) is 6. The van der Waals surface area contributed by atoms with Crippen molar-refractivity contribution in [2.45, 2.75) is 0 Å². The van der Waals surface area contributed by atoms with Crippen LogP contribution in [0.5, 0.6) is 5.75 Å². The lowest BCUT2D eigenvalue weighted by molar-refractivity contribution is 0.405. The van der Waals surface area contributed by atoms with Crippen LogP contribution in [-0.2, 0) is 0 Å². The molecule has 0 aliphatic carbocycles. The van der Waals surface area contributed by atoms with Crippen molar-refractivity contribution >= 4 is 21.6 Å². The number of nitrogens with zero attached hydrogens (tertiary/aromatic N) is 3.